The fraction of sp³-hybridized carbons (Fsp3) is 0.692. The first-order valence-electron chi connectivity index (χ1n) is 6.26. The molecule has 1 aromatic rings. The smallest absolute Gasteiger partial charge is 0.264 e. The minimum Gasteiger partial charge on any atom is -0.393 e. The van der Waals surface area contributed by atoms with E-state index in [4.69, 9.17) is 5.11 Å². The summed E-state index contributed by atoms with van der Waals surface area (Å²) in [6.07, 6.45) is 5.93. The summed E-state index contributed by atoms with van der Waals surface area (Å²) in [5, 5.41) is 14.8. The number of unbranched alkanes of at least 4 members (excludes halogenated alkanes) is 3. The summed E-state index contributed by atoms with van der Waals surface area (Å²) < 4.78 is 0. The molecule has 2 N–H and O–H groups in total. The minimum absolute atomic E-state index is 0.0955. The lowest BCUT2D eigenvalue weighted by molar-refractivity contribution is 0.180. The Kier molecular flexibility index (Phi) is 9.34. The van der Waals surface area contributed by atoms with Crippen molar-refractivity contribution >= 4 is 0 Å². The van der Waals surface area contributed by atoms with E-state index in [1.54, 1.807) is 6.07 Å². The number of aromatic amines is 1. The zero-order chi connectivity index (χ0) is 13.1. The van der Waals surface area contributed by atoms with Crippen molar-refractivity contribution in [3.8, 4) is 0 Å². The van der Waals surface area contributed by atoms with Crippen LogP contribution in [-0.2, 0) is 0 Å². The SMILES string of the molecule is CCCCCC[C@@H](C)O.Cc1ccc(=O)[nH]n1. The number of hydrogen-bond donors (Lipinski definition) is 2. The number of aliphatic hydroxyl groups excluding tert-OH is 1. The lowest BCUT2D eigenvalue weighted by Gasteiger charge is -2.01. The molecule has 0 aromatic carbocycles. The van der Waals surface area contributed by atoms with Gasteiger partial charge in [0.05, 0.1) is 11.8 Å². The lowest BCUT2D eigenvalue weighted by atomic mass is 10.1. The van der Waals surface area contributed by atoms with E-state index in [1.165, 1.54) is 31.7 Å². The van der Waals surface area contributed by atoms with Crippen molar-refractivity contribution < 1.29 is 5.11 Å². The molecule has 4 nitrogen and oxygen atoms in total. The third kappa shape index (κ3) is 11.1. The van der Waals surface area contributed by atoms with Gasteiger partial charge in [0, 0.05) is 6.07 Å². The molecule has 0 aliphatic carbocycles. The van der Waals surface area contributed by atoms with E-state index in [2.05, 4.69) is 17.1 Å². The Hall–Kier alpha value is -1.16. The number of nitrogens with one attached hydrogen (secondary N) is 1. The Balaban J connectivity index is 0.000000302. The standard InChI is InChI=1S/C8H18O.C5H6N2O/c1-3-4-5-6-7-8(2)9;1-4-2-3-5(8)7-6-4/h8-9H,3-7H2,1-2H3;2-3H,1H3,(H,7,8)/t8-;/m1./s1. The van der Waals surface area contributed by atoms with E-state index in [0.717, 1.165) is 12.1 Å². The average molecular weight is 240 g/mol. The molecule has 0 aliphatic heterocycles. The van der Waals surface area contributed by atoms with Crippen LogP contribution in [0.15, 0.2) is 16.9 Å². The first kappa shape index (κ1) is 15.8. The summed E-state index contributed by atoms with van der Waals surface area (Å²) in [7, 11) is 0. The Labute approximate surface area is 103 Å². The van der Waals surface area contributed by atoms with Crippen LogP contribution in [0.5, 0.6) is 0 Å². The van der Waals surface area contributed by atoms with Crippen LogP contribution < -0.4 is 5.56 Å². The Morgan fingerprint density at radius 3 is 2.47 bits per heavy atom. The van der Waals surface area contributed by atoms with Crippen molar-refractivity contribution in [2.45, 2.75) is 59.0 Å². The zero-order valence-electron chi connectivity index (χ0n) is 11.1. The van der Waals surface area contributed by atoms with E-state index in [-0.39, 0.29) is 11.7 Å². The van der Waals surface area contributed by atoms with Crippen molar-refractivity contribution in [3.05, 3.63) is 28.2 Å². The van der Waals surface area contributed by atoms with Crippen LogP contribution in [-0.4, -0.2) is 21.4 Å². The summed E-state index contributed by atoms with van der Waals surface area (Å²) in [6, 6.07) is 3.11. The van der Waals surface area contributed by atoms with Crippen molar-refractivity contribution in [3.63, 3.8) is 0 Å². The molecule has 0 saturated carbocycles. The highest BCUT2D eigenvalue weighted by molar-refractivity contribution is 4.95. The molecular weight excluding hydrogens is 216 g/mol. The molecule has 1 atom stereocenters. The molecule has 0 radical (unpaired) electrons. The number of rotatable bonds is 5. The summed E-state index contributed by atoms with van der Waals surface area (Å²) in [4.78, 5) is 10.3. The first-order valence-corrected chi connectivity index (χ1v) is 6.26. The number of H-pyrrole nitrogens is 1. The third-order valence-corrected chi connectivity index (χ3v) is 2.29. The van der Waals surface area contributed by atoms with Crippen LogP contribution in [0.4, 0.5) is 0 Å². The molecule has 1 rings (SSSR count). The quantitative estimate of drug-likeness (QED) is 0.777. The van der Waals surface area contributed by atoms with Gasteiger partial charge in [-0.15, -0.1) is 0 Å². The zero-order valence-corrected chi connectivity index (χ0v) is 11.1. The molecule has 0 spiro atoms. The molecule has 0 saturated heterocycles. The fourth-order valence-corrected chi connectivity index (χ4v) is 1.28. The van der Waals surface area contributed by atoms with Gasteiger partial charge in [0.15, 0.2) is 0 Å². The van der Waals surface area contributed by atoms with Crippen LogP contribution in [0, 0.1) is 6.92 Å². The van der Waals surface area contributed by atoms with Crippen LogP contribution in [0.1, 0.15) is 51.6 Å². The highest BCUT2D eigenvalue weighted by atomic mass is 16.3. The summed E-state index contributed by atoms with van der Waals surface area (Å²) in [5.74, 6) is 0. The summed E-state index contributed by atoms with van der Waals surface area (Å²) >= 11 is 0. The normalized spacial score (nSPS) is 11.5. The number of nitrogens with zero attached hydrogens (tertiary/aromatic N) is 1. The van der Waals surface area contributed by atoms with Gasteiger partial charge in [-0.2, -0.15) is 5.10 Å². The lowest BCUT2D eigenvalue weighted by Crippen LogP contribution is -2.05. The van der Waals surface area contributed by atoms with Gasteiger partial charge in [-0.1, -0.05) is 32.6 Å². The number of aromatic nitrogens is 2. The Morgan fingerprint density at radius 1 is 1.35 bits per heavy atom. The largest absolute Gasteiger partial charge is 0.393 e. The topological polar surface area (TPSA) is 66.0 Å². The molecule has 0 fully saturated rings. The summed E-state index contributed by atoms with van der Waals surface area (Å²) in [6.45, 7) is 5.87. The number of hydrogen-bond acceptors (Lipinski definition) is 3. The first-order chi connectivity index (χ1) is 8.06. The van der Waals surface area contributed by atoms with E-state index >= 15 is 0 Å². The number of aryl methyl sites for hydroxylation is 1. The maximum atomic E-state index is 10.3. The second-order valence-electron chi connectivity index (χ2n) is 4.26. The predicted molar refractivity (Wildman–Crippen MR) is 70.0 cm³/mol. The van der Waals surface area contributed by atoms with Crippen LogP contribution in [0.25, 0.3) is 0 Å². The molecule has 0 amide bonds. The average Bonchev–Trinajstić information content (AvgIpc) is 2.29. The molecule has 0 bridgehead atoms. The monoisotopic (exact) mass is 240 g/mol. The third-order valence-electron chi connectivity index (χ3n) is 2.29. The van der Waals surface area contributed by atoms with Crippen molar-refractivity contribution in [2.24, 2.45) is 0 Å². The van der Waals surface area contributed by atoms with Gasteiger partial charge in [-0.25, -0.2) is 5.10 Å². The van der Waals surface area contributed by atoms with E-state index in [0.29, 0.717) is 0 Å². The van der Waals surface area contributed by atoms with E-state index < -0.39 is 0 Å². The van der Waals surface area contributed by atoms with Gasteiger partial charge in [-0.05, 0) is 26.3 Å². The van der Waals surface area contributed by atoms with Gasteiger partial charge in [0.2, 0.25) is 0 Å². The second-order valence-corrected chi connectivity index (χ2v) is 4.26. The predicted octanol–water partition coefficient (Wildman–Crippen LogP) is 2.42. The summed E-state index contributed by atoms with van der Waals surface area (Å²) in [5.41, 5.74) is 0.667. The molecule has 0 aliphatic rings. The van der Waals surface area contributed by atoms with Crippen LogP contribution in [0.3, 0.4) is 0 Å². The van der Waals surface area contributed by atoms with Gasteiger partial charge >= 0.3 is 0 Å². The van der Waals surface area contributed by atoms with Gasteiger partial charge in [0.25, 0.3) is 5.56 Å². The minimum atomic E-state index is -0.157. The maximum absolute atomic E-state index is 10.3. The van der Waals surface area contributed by atoms with Crippen LogP contribution in [0.2, 0.25) is 0 Å². The van der Waals surface area contributed by atoms with Crippen LogP contribution >= 0.6 is 0 Å². The molecule has 1 heterocycles. The van der Waals surface area contributed by atoms with Crippen molar-refractivity contribution in [1.29, 1.82) is 0 Å². The van der Waals surface area contributed by atoms with Gasteiger partial charge in [0.1, 0.15) is 0 Å². The molecule has 98 valence electrons. The molecule has 1 aromatic heterocycles. The van der Waals surface area contributed by atoms with E-state index in [1.807, 2.05) is 13.8 Å². The fourth-order valence-electron chi connectivity index (χ4n) is 1.28. The van der Waals surface area contributed by atoms with Crippen molar-refractivity contribution in [2.75, 3.05) is 0 Å². The highest BCUT2D eigenvalue weighted by Gasteiger charge is 1.93. The van der Waals surface area contributed by atoms with Gasteiger partial charge < -0.3 is 5.11 Å². The Bertz CT molecular complexity index is 314. The molecule has 4 heteroatoms. The van der Waals surface area contributed by atoms with Crippen molar-refractivity contribution in [1.82, 2.24) is 10.2 Å². The molecule has 0 unspecified atom stereocenters. The molecule has 17 heavy (non-hydrogen) atoms. The van der Waals surface area contributed by atoms with Gasteiger partial charge in [-0.3, -0.25) is 4.79 Å². The maximum Gasteiger partial charge on any atom is 0.264 e. The number of aliphatic hydroxyl groups is 1. The highest BCUT2D eigenvalue weighted by Crippen LogP contribution is 2.04. The van der Waals surface area contributed by atoms with E-state index in [9.17, 15) is 4.79 Å². The molecular formula is C13H24N2O2. The Morgan fingerprint density at radius 2 is 2.06 bits per heavy atom. The second kappa shape index (κ2) is 10.0.